The number of rotatable bonds is 5. The van der Waals surface area contributed by atoms with E-state index in [0.717, 1.165) is 17.1 Å². The summed E-state index contributed by atoms with van der Waals surface area (Å²) in [7, 11) is 1.75. The summed E-state index contributed by atoms with van der Waals surface area (Å²) in [6, 6.07) is 0. The van der Waals surface area contributed by atoms with Crippen LogP contribution in [0.3, 0.4) is 0 Å². The van der Waals surface area contributed by atoms with Crippen molar-refractivity contribution in [2.24, 2.45) is 0 Å². The Bertz CT molecular complexity index is 379. The van der Waals surface area contributed by atoms with Gasteiger partial charge in [-0.05, 0) is 38.8 Å². The van der Waals surface area contributed by atoms with Gasteiger partial charge in [-0.1, -0.05) is 12.2 Å². The number of methoxy groups -OCH3 is 1. The molecule has 0 fully saturated rings. The molecule has 0 aliphatic heterocycles. The van der Waals surface area contributed by atoms with E-state index in [1.54, 1.807) is 18.4 Å². The van der Waals surface area contributed by atoms with Gasteiger partial charge in [-0.25, -0.2) is 4.98 Å². The standard InChI is InChI=1S/C13H19NOS/c1-5-6-7-13(15-4)10(2)8-12-9-16-11(3)14-12/h5-6,8-9,13H,7H2,1-4H3/t13-/m0/s1. The maximum absolute atomic E-state index is 5.45. The zero-order valence-electron chi connectivity index (χ0n) is 10.4. The Morgan fingerprint density at radius 3 is 2.88 bits per heavy atom. The largest absolute Gasteiger partial charge is 0.377 e. The molecule has 0 spiro atoms. The van der Waals surface area contributed by atoms with Gasteiger partial charge in [0.15, 0.2) is 0 Å². The van der Waals surface area contributed by atoms with Crippen molar-refractivity contribution in [2.75, 3.05) is 7.11 Å². The Morgan fingerprint density at radius 1 is 1.62 bits per heavy atom. The highest BCUT2D eigenvalue weighted by molar-refractivity contribution is 7.09. The Balaban J connectivity index is 2.73. The van der Waals surface area contributed by atoms with Crippen molar-refractivity contribution in [3.05, 3.63) is 33.8 Å². The average molecular weight is 237 g/mol. The normalized spacial score (nSPS) is 14.6. The van der Waals surface area contributed by atoms with Gasteiger partial charge in [0.25, 0.3) is 0 Å². The van der Waals surface area contributed by atoms with Crippen molar-refractivity contribution in [3.8, 4) is 0 Å². The van der Waals surface area contributed by atoms with Crippen LogP contribution in [0.1, 0.15) is 31.0 Å². The van der Waals surface area contributed by atoms with Gasteiger partial charge in [-0.3, -0.25) is 0 Å². The van der Waals surface area contributed by atoms with Crippen LogP contribution in [0.2, 0.25) is 0 Å². The molecule has 0 saturated carbocycles. The van der Waals surface area contributed by atoms with Crippen molar-refractivity contribution < 1.29 is 4.74 Å². The number of hydrogen-bond acceptors (Lipinski definition) is 3. The summed E-state index contributed by atoms with van der Waals surface area (Å²) in [5.74, 6) is 0. The second-order valence-corrected chi connectivity index (χ2v) is 4.77. The molecule has 0 amide bonds. The molecular weight excluding hydrogens is 218 g/mol. The lowest BCUT2D eigenvalue weighted by Crippen LogP contribution is -2.10. The lowest BCUT2D eigenvalue weighted by Gasteiger charge is -2.13. The molecule has 0 unspecified atom stereocenters. The average Bonchev–Trinajstić information content (AvgIpc) is 2.65. The maximum atomic E-state index is 5.45. The first-order valence-corrected chi connectivity index (χ1v) is 6.29. The molecule has 1 rings (SSSR count). The van der Waals surface area contributed by atoms with Gasteiger partial charge in [0.2, 0.25) is 0 Å². The van der Waals surface area contributed by atoms with Gasteiger partial charge in [0.1, 0.15) is 0 Å². The molecule has 1 aromatic heterocycles. The van der Waals surface area contributed by atoms with Crippen LogP contribution in [0, 0.1) is 6.92 Å². The summed E-state index contributed by atoms with van der Waals surface area (Å²) >= 11 is 1.67. The highest BCUT2D eigenvalue weighted by Crippen LogP contribution is 2.16. The first-order valence-electron chi connectivity index (χ1n) is 5.41. The van der Waals surface area contributed by atoms with Crippen LogP contribution in [0.4, 0.5) is 0 Å². The summed E-state index contributed by atoms with van der Waals surface area (Å²) in [5, 5.41) is 3.17. The monoisotopic (exact) mass is 237 g/mol. The molecule has 2 nitrogen and oxygen atoms in total. The van der Waals surface area contributed by atoms with Crippen LogP contribution in [0.5, 0.6) is 0 Å². The molecule has 0 aliphatic carbocycles. The molecule has 1 aromatic rings. The second-order valence-electron chi connectivity index (χ2n) is 3.71. The molecule has 1 heterocycles. The fourth-order valence-corrected chi connectivity index (χ4v) is 2.07. The minimum absolute atomic E-state index is 0.151. The second kappa shape index (κ2) is 6.61. The van der Waals surface area contributed by atoms with Gasteiger partial charge in [-0.15, -0.1) is 11.3 Å². The molecule has 0 saturated heterocycles. The highest BCUT2D eigenvalue weighted by Gasteiger charge is 2.08. The predicted octanol–water partition coefficient (Wildman–Crippen LogP) is 3.84. The molecule has 16 heavy (non-hydrogen) atoms. The van der Waals surface area contributed by atoms with Crippen LogP contribution in [0.25, 0.3) is 6.08 Å². The third-order valence-electron chi connectivity index (χ3n) is 2.39. The van der Waals surface area contributed by atoms with Gasteiger partial charge in [0, 0.05) is 12.5 Å². The van der Waals surface area contributed by atoms with Crippen LogP contribution in [-0.4, -0.2) is 18.2 Å². The van der Waals surface area contributed by atoms with Gasteiger partial charge < -0.3 is 4.74 Å². The van der Waals surface area contributed by atoms with Gasteiger partial charge >= 0.3 is 0 Å². The third kappa shape index (κ3) is 3.91. The Kier molecular flexibility index (Phi) is 5.43. The summed E-state index contributed by atoms with van der Waals surface area (Å²) in [4.78, 5) is 4.42. The van der Waals surface area contributed by atoms with Crippen molar-refractivity contribution in [3.63, 3.8) is 0 Å². The fourth-order valence-electron chi connectivity index (χ4n) is 1.50. The Morgan fingerprint density at radius 2 is 2.38 bits per heavy atom. The fraction of sp³-hybridized carbons (Fsp3) is 0.462. The highest BCUT2D eigenvalue weighted by atomic mass is 32.1. The molecule has 0 N–H and O–H groups in total. The minimum Gasteiger partial charge on any atom is -0.377 e. The Hall–Kier alpha value is -0.930. The number of thiazole rings is 1. The zero-order chi connectivity index (χ0) is 12.0. The van der Waals surface area contributed by atoms with E-state index in [1.807, 2.05) is 19.9 Å². The SMILES string of the molecule is CC=CC[C@H](OC)C(C)=Cc1csc(C)n1. The van der Waals surface area contributed by atoms with Crippen LogP contribution >= 0.6 is 11.3 Å². The number of aromatic nitrogens is 1. The van der Waals surface area contributed by atoms with Gasteiger partial charge in [-0.2, -0.15) is 0 Å². The topological polar surface area (TPSA) is 22.1 Å². The molecule has 1 atom stereocenters. The number of allylic oxidation sites excluding steroid dienone is 1. The number of hydrogen-bond donors (Lipinski definition) is 0. The molecule has 0 bridgehead atoms. The number of ether oxygens (including phenoxy) is 1. The van der Waals surface area contributed by atoms with Crippen molar-refractivity contribution in [1.29, 1.82) is 0 Å². The van der Waals surface area contributed by atoms with E-state index < -0.39 is 0 Å². The van der Waals surface area contributed by atoms with Crippen LogP contribution < -0.4 is 0 Å². The van der Waals surface area contributed by atoms with Crippen LogP contribution in [0.15, 0.2) is 23.1 Å². The predicted molar refractivity (Wildman–Crippen MR) is 70.7 cm³/mol. The molecule has 0 aliphatic rings. The first kappa shape index (κ1) is 13.1. The molecule has 3 heteroatoms. The maximum Gasteiger partial charge on any atom is 0.0901 e. The summed E-state index contributed by atoms with van der Waals surface area (Å²) < 4.78 is 5.45. The molecular formula is C13H19NOS. The van der Waals surface area contributed by atoms with E-state index in [2.05, 4.69) is 29.4 Å². The lowest BCUT2D eigenvalue weighted by atomic mass is 10.1. The van der Waals surface area contributed by atoms with Crippen molar-refractivity contribution in [2.45, 2.75) is 33.3 Å². The lowest BCUT2D eigenvalue weighted by molar-refractivity contribution is 0.135. The third-order valence-corrected chi connectivity index (χ3v) is 3.18. The summed E-state index contributed by atoms with van der Waals surface area (Å²) in [5.41, 5.74) is 2.24. The molecule has 0 radical (unpaired) electrons. The first-order chi connectivity index (χ1) is 7.67. The van der Waals surface area contributed by atoms with E-state index in [1.165, 1.54) is 5.57 Å². The van der Waals surface area contributed by atoms with E-state index in [-0.39, 0.29) is 6.10 Å². The van der Waals surface area contributed by atoms with E-state index in [0.29, 0.717) is 0 Å². The zero-order valence-corrected chi connectivity index (χ0v) is 11.2. The summed E-state index contributed by atoms with van der Waals surface area (Å²) in [6.45, 7) is 6.13. The Labute approximate surface area is 102 Å². The molecule has 88 valence electrons. The quantitative estimate of drug-likeness (QED) is 0.726. The van der Waals surface area contributed by atoms with Gasteiger partial charge in [0.05, 0.1) is 16.8 Å². The van der Waals surface area contributed by atoms with Crippen molar-refractivity contribution in [1.82, 2.24) is 4.98 Å². The van der Waals surface area contributed by atoms with E-state index >= 15 is 0 Å². The number of nitrogens with zero attached hydrogens (tertiary/aromatic N) is 1. The van der Waals surface area contributed by atoms with Crippen LogP contribution in [-0.2, 0) is 4.74 Å². The smallest absolute Gasteiger partial charge is 0.0901 e. The summed E-state index contributed by atoms with van der Waals surface area (Å²) in [6.07, 6.45) is 7.34. The van der Waals surface area contributed by atoms with E-state index in [4.69, 9.17) is 4.74 Å². The molecule has 0 aromatic carbocycles. The van der Waals surface area contributed by atoms with Crippen molar-refractivity contribution >= 4 is 17.4 Å². The number of aryl methyl sites for hydroxylation is 1. The van der Waals surface area contributed by atoms with E-state index in [9.17, 15) is 0 Å². The minimum atomic E-state index is 0.151.